The number of amides is 1. The van der Waals surface area contributed by atoms with Crippen LogP contribution < -0.4 is 15.2 Å². The molecule has 1 aromatic rings. The van der Waals surface area contributed by atoms with Crippen molar-refractivity contribution in [1.29, 1.82) is 0 Å². The number of halogens is 1. The number of fused-ring (bicyclic) bond motifs is 1. The molecule has 0 radical (unpaired) electrons. The van der Waals surface area contributed by atoms with E-state index in [1.54, 1.807) is 0 Å². The molecule has 0 saturated carbocycles. The molecule has 0 bridgehead atoms. The second-order valence-corrected chi connectivity index (χ2v) is 3.45. The lowest BCUT2D eigenvalue weighted by atomic mass is 10.1. The Bertz CT molecular complexity index is 421. The Labute approximate surface area is 90.3 Å². The van der Waals surface area contributed by atoms with Crippen molar-refractivity contribution in [2.45, 2.75) is 6.10 Å². The zero-order valence-corrected chi connectivity index (χ0v) is 8.32. The van der Waals surface area contributed by atoms with Gasteiger partial charge in [-0.2, -0.15) is 0 Å². The van der Waals surface area contributed by atoms with E-state index in [9.17, 15) is 9.90 Å². The molecule has 5 nitrogen and oxygen atoms in total. The molecule has 1 amide bonds. The van der Waals surface area contributed by atoms with E-state index in [1.807, 2.05) is 0 Å². The van der Waals surface area contributed by atoms with Crippen LogP contribution in [-0.4, -0.2) is 17.8 Å². The van der Waals surface area contributed by atoms with Crippen molar-refractivity contribution in [3.8, 4) is 11.5 Å². The minimum Gasteiger partial charge on any atom is -0.454 e. The van der Waals surface area contributed by atoms with Gasteiger partial charge in [0.15, 0.2) is 17.6 Å². The predicted octanol–water partition coefficient (Wildman–Crippen LogP) is 0.587. The molecule has 15 heavy (non-hydrogen) atoms. The highest BCUT2D eigenvalue weighted by molar-refractivity contribution is 6.32. The Kier molecular flexibility index (Phi) is 2.42. The van der Waals surface area contributed by atoms with Crippen LogP contribution in [0.4, 0.5) is 0 Å². The number of benzene rings is 1. The fraction of sp³-hybridized carbons (Fsp3) is 0.222. The van der Waals surface area contributed by atoms with Gasteiger partial charge in [-0.05, 0) is 17.7 Å². The zero-order valence-electron chi connectivity index (χ0n) is 7.57. The number of carbonyl (C=O) groups is 1. The van der Waals surface area contributed by atoms with E-state index in [1.165, 1.54) is 12.1 Å². The van der Waals surface area contributed by atoms with Crippen molar-refractivity contribution >= 4 is 17.5 Å². The van der Waals surface area contributed by atoms with Crippen LogP contribution in [0.2, 0.25) is 5.02 Å². The zero-order chi connectivity index (χ0) is 11.0. The van der Waals surface area contributed by atoms with Crippen molar-refractivity contribution in [2.75, 3.05) is 6.79 Å². The average molecular weight is 230 g/mol. The van der Waals surface area contributed by atoms with E-state index in [4.69, 9.17) is 26.8 Å². The van der Waals surface area contributed by atoms with Crippen LogP contribution in [0, 0.1) is 0 Å². The van der Waals surface area contributed by atoms with Gasteiger partial charge >= 0.3 is 0 Å². The van der Waals surface area contributed by atoms with E-state index in [-0.39, 0.29) is 17.4 Å². The highest BCUT2D eigenvalue weighted by Gasteiger charge is 2.22. The number of ether oxygens (including phenoxy) is 2. The number of primary amides is 1. The Balaban J connectivity index is 2.43. The van der Waals surface area contributed by atoms with Gasteiger partial charge in [-0.15, -0.1) is 0 Å². The van der Waals surface area contributed by atoms with Crippen molar-refractivity contribution in [3.05, 3.63) is 22.7 Å². The highest BCUT2D eigenvalue weighted by Crippen LogP contribution is 2.40. The number of aliphatic hydroxyl groups excluding tert-OH is 1. The highest BCUT2D eigenvalue weighted by atomic mass is 35.5. The molecule has 1 heterocycles. The van der Waals surface area contributed by atoms with Crippen molar-refractivity contribution in [1.82, 2.24) is 0 Å². The van der Waals surface area contributed by atoms with Crippen LogP contribution in [0.25, 0.3) is 0 Å². The number of aliphatic hydroxyl groups is 1. The summed E-state index contributed by atoms with van der Waals surface area (Å²) in [7, 11) is 0. The van der Waals surface area contributed by atoms with Crippen molar-refractivity contribution in [2.24, 2.45) is 5.73 Å². The average Bonchev–Trinajstić information content (AvgIpc) is 2.64. The topological polar surface area (TPSA) is 81.8 Å². The fourth-order valence-electron chi connectivity index (χ4n) is 1.31. The summed E-state index contributed by atoms with van der Waals surface area (Å²) in [6.07, 6.45) is -1.39. The summed E-state index contributed by atoms with van der Waals surface area (Å²) in [6.45, 7) is 0.0746. The molecule has 0 aliphatic carbocycles. The van der Waals surface area contributed by atoms with E-state index in [0.29, 0.717) is 11.5 Å². The maximum absolute atomic E-state index is 10.8. The van der Waals surface area contributed by atoms with Gasteiger partial charge in [0.1, 0.15) is 0 Å². The van der Waals surface area contributed by atoms with Gasteiger partial charge in [-0.3, -0.25) is 4.79 Å². The van der Waals surface area contributed by atoms with Gasteiger partial charge in [0.05, 0.1) is 5.02 Å². The van der Waals surface area contributed by atoms with E-state index >= 15 is 0 Å². The van der Waals surface area contributed by atoms with Gasteiger partial charge in [0, 0.05) is 0 Å². The summed E-state index contributed by atoms with van der Waals surface area (Å²) in [4.78, 5) is 10.8. The van der Waals surface area contributed by atoms with Gasteiger partial charge in [0.25, 0.3) is 5.91 Å². The lowest BCUT2D eigenvalue weighted by molar-refractivity contribution is -0.126. The van der Waals surface area contributed by atoms with Crippen LogP contribution in [0.5, 0.6) is 11.5 Å². The smallest absolute Gasteiger partial charge is 0.250 e. The molecule has 6 heteroatoms. The first kappa shape index (κ1) is 10.1. The van der Waals surface area contributed by atoms with Crippen LogP contribution in [0.1, 0.15) is 11.7 Å². The van der Waals surface area contributed by atoms with Crippen LogP contribution >= 0.6 is 11.6 Å². The second kappa shape index (κ2) is 3.60. The van der Waals surface area contributed by atoms with Gasteiger partial charge < -0.3 is 20.3 Å². The minimum atomic E-state index is -1.39. The summed E-state index contributed by atoms with van der Waals surface area (Å²) >= 11 is 5.86. The van der Waals surface area contributed by atoms with Gasteiger partial charge in [-0.25, -0.2) is 0 Å². The monoisotopic (exact) mass is 229 g/mol. The Morgan fingerprint density at radius 1 is 1.53 bits per heavy atom. The molecule has 1 aromatic carbocycles. The molecule has 0 fully saturated rings. The quantitative estimate of drug-likeness (QED) is 0.778. The molecular formula is C9H8ClNO4. The van der Waals surface area contributed by atoms with Crippen LogP contribution in [0.15, 0.2) is 12.1 Å². The third-order valence-corrected chi connectivity index (χ3v) is 2.32. The number of carbonyl (C=O) groups excluding carboxylic acids is 1. The molecule has 1 atom stereocenters. The molecule has 2 rings (SSSR count). The normalized spacial score (nSPS) is 15.1. The minimum absolute atomic E-state index is 0.0746. The summed E-state index contributed by atoms with van der Waals surface area (Å²) in [5, 5.41) is 9.70. The lowest BCUT2D eigenvalue weighted by Crippen LogP contribution is -2.20. The summed E-state index contributed by atoms with van der Waals surface area (Å²) in [5.41, 5.74) is 5.25. The van der Waals surface area contributed by atoms with Crippen LogP contribution in [0.3, 0.4) is 0 Å². The summed E-state index contributed by atoms with van der Waals surface area (Å²) in [6, 6.07) is 2.90. The number of nitrogens with two attached hydrogens (primary N) is 1. The van der Waals surface area contributed by atoms with Gasteiger partial charge in [-0.1, -0.05) is 11.6 Å². The first-order chi connectivity index (χ1) is 7.09. The van der Waals surface area contributed by atoms with E-state index < -0.39 is 12.0 Å². The molecular weight excluding hydrogens is 222 g/mol. The molecule has 1 aliphatic heterocycles. The summed E-state index contributed by atoms with van der Waals surface area (Å²) in [5.74, 6) is -0.0279. The predicted molar refractivity (Wildman–Crippen MR) is 51.7 cm³/mol. The molecule has 1 aliphatic rings. The Morgan fingerprint density at radius 3 is 2.93 bits per heavy atom. The number of rotatable bonds is 2. The van der Waals surface area contributed by atoms with E-state index in [2.05, 4.69) is 0 Å². The SMILES string of the molecule is NC(=O)C(O)c1cc(Cl)c2c(c1)OCO2. The Hall–Kier alpha value is -1.46. The lowest BCUT2D eigenvalue weighted by Gasteiger charge is -2.08. The largest absolute Gasteiger partial charge is 0.454 e. The summed E-state index contributed by atoms with van der Waals surface area (Å²) < 4.78 is 10.2. The molecule has 3 N–H and O–H groups in total. The van der Waals surface area contributed by atoms with Crippen molar-refractivity contribution < 1.29 is 19.4 Å². The molecule has 0 saturated heterocycles. The van der Waals surface area contributed by atoms with Crippen LogP contribution in [-0.2, 0) is 4.79 Å². The maximum Gasteiger partial charge on any atom is 0.250 e. The standard InChI is InChI=1S/C9H8ClNO4/c10-5-1-4(7(12)9(11)13)2-6-8(5)15-3-14-6/h1-2,7,12H,3H2,(H2,11,13). The number of hydrogen-bond acceptors (Lipinski definition) is 4. The maximum atomic E-state index is 10.8. The van der Waals surface area contributed by atoms with Gasteiger partial charge in [0.2, 0.25) is 6.79 Å². The third-order valence-electron chi connectivity index (χ3n) is 2.03. The first-order valence-corrected chi connectivity index (χ1v) is 4.54. The molecule has 1 unspecified atom stereocenters. The Morgan fingerprint density at radius 2 is 2.27 bits per heavy atom. The molecule has 0 spiro atoms. The van der Waals surface area contributed by atoms with Crippen molar-refractivity contribution in [3.63, 3.8) is 0 Å². The molecule has 0 aromatic heterocycles. The molecule has 80 valence electrons. The fourth-order valence-corrected chi connectivity index (χ4v) is 1.58. The first-order valence-electron chi connectivity index (χ1n) is 4.16. The second-order valence-electron chi connectivity index (χ2n) is 3.04. The van der Waals surface area contributed by atoms with E-state index in [0.717, 1.165) is 0 Å². The number of hydrogen-bond donors (Lipinski definition) is 2. The third kappa shape index (κ3) is 1.71.